The molecule has 13 heteroatoms. The zero-order chi connectivity index (χ0) is 22.0. The molecule has 0 aliphatic heterocycles. The van der Waals surface area contributed by atoms with Crippen LogP contribution in [-0.2, 0) is 15.2 Å². The number of benzene rings is 1. The van der Waals surface area contributed by atoms with Gasteiger partial charge in [-0.3, -0.25) is 9.59 Å². The minimum atomic E-state index is -5.23. The summed E-state index contributed by atoms with van der Waals surface area (Å²) in [6, 6.07) is 1.27. The molecule has 0 spiro atoms. The number of alkyl halides is 3. The summed E-state index contributed by atoms with van der Waals surface area (Å²) in [6.45, 7) is 0.487. The molecular weight excluding hydrogens is 428 g/mol. The second-order valence-electron chi connectivity index (χ2n) is 5.88. The number of hydrogen-bond acceptors (Lipinski definition) is 5. The van der Waals surface area contributed by atoms with Crippen LogP contribution in [0.5, 0.6) is 0 Å². The molecule has 3 N–H and O–H groups in total. The quantitative estimate of drug-likeness (QED) is 0.475. The van der Waals surface area contributed by atoms with Gasteiger partial charge in [-0.05, 0) is 19.1 Å². The van der Waals surface area contributed by atoms with E-state index in [9.17, 15) is 41.0 Å². The lowest BCUT2D eigenvalue weighted by Crippen LogP contribution is -2.47. The Balaban J connectivity index is 2.02. The molecule has 0 aliphatic rings. The number of nitrogens with one attached hydrogen (secondary N) is 2. The molecule has 158 valence electrons. The van der Waals surface area contributed by atoms with E-state index in [1.807, 2.05) is 10.6 Å². The molecule has 0 bridgehead atoms. The van der Waals surface area contributed by atoms with Crippen LogP contribution in [0, 0.1) is 24.4 Å². The Hall–Kier alpha value is -2.67. The molecule has 0 fully saturated rings. The summed E-state index contributed by atoms with van der Waals surface area (Å²) in [4.78, 5) is 27.1. The van der Waals surface area contributed by atoms with E-state index in [1.165, 1.54) is 12.3 Å². The van der Waals surface area contributed by atoms with Crippen LogP contribution in [0.15, 0.2) is 17.5 Å². The standard InChI is InChI=1S/C16H13F6N3O3S/c1-7-6-29-14(24-7)15(28,16(20,21)22)4-10(26)23-5-11(27)25-9-3-2-8(17)12(18)13(9)19/h2-3,6,28H,4-5H2,1H3,(H,23,26)(H,25,27). The summed E-state index contributed by atoms with van der Waals surface area (Å²) in [5, 5.41) is 14.2. The molecule has 0 radical (unpaired) electrons. The average Bonchev–Trinajstić information content (AvgIpc) is 3.06. The van der Waals surface area contributed by atoms with Gasteiger partial charge in [0.2, 0.25) is 17.4 Å². The van der Waals surface area contributed by atoms with Crippen molar-refractivity contribution in [3.63, 3.8) is 0 Å². The largest absolute Gasteiger partial charge is 0.424 e. The third kappa shape index (κ3) is 5.03. The number of aliphatic hydroxyl groups is 1. The van der Waals surface area contributed by atoms with Gasteiger partial charge >= 0.3 is 6.18 Å². The summed E-state index contributed by atoms with van der Waals surface area (Å²) >= 11 is 0.507. The van der Waals surface area contributed by atoms with Crippen LogP contribution >= 0.6 is 11.3 Å². The fourth-order valence-corrected chi connectivity index (χ4v) is 3.05. The van der Waals surface area contributed by atoms with Gasteiger partial charge in [0, 0.05) is 11.1 Å². The van der Waals surface area contributed by atoms with E-state index in [4.69, 9.17) is 0 Å². The molecule has 0 aliphatic carbocycles. The van der Waals surface area contributed by atoms with Crippen molar-refractivity contribution in [1.82, 2.24) is 10.3 Å². The van der Waals surface area contributed by atoms with Crippen LogP contribution in [0.1, 0.15) is 17.1 Å². The van der Waals surface area contributed by atoms with Crippen LogP contribution in [0.4, 0.5) is 32.0 Å². The van der Waals surface area contributed by atoms with E-state index in [0.717, 1.165) is 6.07 Å². The number of nitrogens with zero attached hydrogens (tertiary/aromatic N) is 1. The van der Waals surface area contributed by atoms with Crippen LogP contribution < -0.4 is 10.6 Å². The Labute approximate surface area is 163 Å². The minimum absolute atomic E-state index is 0.209. The maximum atomic E-state index is 13.5. The lowest BCUT2D eigenvalue weighted by molar-refractivity contribution is -0.267. The van der Waals surface area contributed by atoms with Gasteiger partial charge in [0.15, 0.2) is 17.5 Å². The number of aryl methyl sites for hydroxylation is 1. The van der Waals surface area contributed by atoms with E-state index < -0.39 is 64.7 Å². The van der Waals surface area contributed by atoms with Crippen molar-refractivity contribution in [3.05, 3.63) is 45.7 Å². The molecule has 2 aromatic rings. The molecule has 2 amide bonds. The van der Waals surface area contributed by atoms with E-state index >= 15 is 0 Å². The predicted octanol–water partition coefficient (Wildman–Crippen LogP) is 2.76. The first kappa shape index (κ1) is 22.6. The number of carbonyl (C=O) groups is 2. The minimum Gasteiger partial charge on any atom is -0.374 e. The first-order chi connectivity index (χ1) is 13.3. The highest BCUT2D eigenvalue weighted by atomic mass is 32.1. The molecular formula is C16H13F6N3O3S. The molecule has 0 saturated carbocycles. The SMILES string of the molecule is Cc1csc(C(O)(CC(=O)NCC(=O)Nc2ccc(F)c(F)c2F)C(F)(F)F)n1. The van der Waals surface area contributed by atoms with Crippen LogP contribution in [-0.4, -0.2) is 34.6 Å². The monoisotopic (exact) mass is 441 g/mol. The molecule has 29 heavy (non-hydrogen) atoms. The maximum Gasteiger partial charge on any atom is 0.424 e. The topological polar surface area (TPSA) is 91.3 Å². The summed E-state index contributed by atoms with van der Waals surface area (Å²) in [7, 11) is 0. The van der Waals surface area contributed by atoms with Crippen molar-refractivity contribution in [2.24, 2.45) is 0 Å². The van der Waals surface area contributed by atoms with Gasteiger partial charge in [-0.1, -0.05) is 0 Å². The van der Waals surface area contributed by atoms with Gasteiger partial charge in [0.1, 0.15) is 5.01 Å². The lowest BCUT2D eigenvalue weighted by atomic mass is 9.99. The molecule has 1 aromatic carbocycles. The summed E-state index contributed by atoms with van der Waals surface area (Å²) in [6.07, 6.45) is -6.71. The first-order valence-electron chi connectivity index (χ1n) is 7.77. The second kappa shape index (κ2) is 8.37. The molecule has 1 heterocycles. The highest BCUT2D eigenvalue weighted by Crippen LogP contribution is 2.42. The zero-order valence-corrected chi connectivity index (χ0v) is 15.3. The van der Waals surface area contributed by atoms with Crippen molar-refractivity contribution in [2.45, 2.75) is 25.1 Å². The Morgan fingerprint density at radius 2 is 1.79 bits per heavy atom. The predicted molar refractivity (Wildman–Crippen MR) is 89.4 cm³/mol. The molecule has 6 nitrogen and oxygen atoms in total. The fourth-order valence-electron chi connectivity index (χ4n) is 2.13. The van der Waals surface area contributed by atoms with Gasteiger partial charge in [-0.25, -0.2) is 18.2 Å². The van der Waals surface area contributed by atoms with E-state index in [0.29, 0.717) is 17.4 Å². The summed E-state index contributed by atoms with van der Waals surface area (Å²) in [5.74, 6) is -7.48. The normalized spacial score (nSPS) is 13.7. The van der Waals surface area contributed by atoms with Crippen LogP contribution in [0.3, 0.4) is 0 Å². The second-order valence-corrected chi connectivity index (χ2v) is 6.73. The van der Waals surface area contributed by atoms with E-state index in [2.05, 4.69) is 4.98 Å². The van der Waals surface area contributed by atoms with E-state index in [-0.39, 0.29) is 5.69 Å². The van der Waals surface area contributed by atoms with Crippen LogP contribution in [0.25, 0.3) is 0 Å². The number of amides is 2. The number of thiazole rings is 1. The number of hydrogen-bond donors (Lipinski definition) is 3. The smallest absolute Gasteiger partial charge is 0.374 e. The van der Waals surface area contributed by atoms with Gasteiger partial charge in [0.25, 0.3) is 0 Å². The zero-order valence-electron chi connectivity index (χ0n) is 14.5. The van der Waals surface area contributed by atoms with Gasteiger partial charge in [0.05, 0.1) is 18.7 Å². The van der Waals surface area contributed by atoms with Crippen molar-refractivity contribution in [2.75, 3.05) is 11.9 Å². The van der Waals surface area contributed by atoms with Crippen molar-refractivity contribution in [3.8, 4) is 0 Å². The van der Waals surface area contributed by atoms with Crippen LogP contribution in [0.2, 0.25) is 0 Å². The third-order valence-corrected chi connectivity index (χ3v) is 4.72. The van der Waals surface area contributed by atoms with Crippen molar-refractivity contribution < 1.29 is 41.0 Å². The van der Waals surface area contributed by atoms with Crippen molar-refractivity contribution in [1.29, 1.82) is 0 Å². The number of aromatic nitrogens is 1. The molecule has 1 atom stereocenters. The lowest BCUT2D eigenvalue weighted by Gasteiger charge is -2.27. The summed E-state index contributed by atoms with van der Waals surface area (Å²) < 4.78 is 79.4. The van der Waals surface area contributed by atoms with Gasteiger partial charge in [-0.15, -0.1) is 11.3 Å². The van der Waals surface area contributed by atoms with E-state index in [1.54, 1.807) is 0 Å². The Bertz CT molecular complexity index is 933. The first-order valence-corrected chi connectivity index (χ1v) is 8.65. The summed E-state index contributed by atoms with van der Waals surface area (Å²) in [5.41, 5.74) is -4.09. The van der Waals surface area contributed by atoms with Crippen molar-refractivity contribution >= 4 is 28.8 Å². The fraction of sp³-hybridized carbons (Fsp3) is 0.312. The van der Waals surface area contributed by atoms with Gasteiger partial charge in [-0.2, -0.15) is 13.2 Å². The number of carbonyl (C=O) groups excluding carboxylic acids is 2. The van der Waals surface area contributed by atoms with Gasteiger partial charge < -0.3 is 15.7 Å². The average molecular weight is 441 g/mol. The Morgan fingerprint density at radius 3 is 2.34 bits per heavy atom. The number of anilines is 1. The molecule has 1 unspecified atom stereocenters. The Morgan fingerprint density at radius 1 is 1.14 bits per heavy atom. The highest BCUT2D eigenvalue weighted by Gasteiger charge is 2.58. The Kier molecular flexibility index (Phi) is 6.53. The molecule has 0 saturated heterocycles. The molecule has 2 rings (SSSR count). The third-order valence-electron chi connectivity index (χ3n) is 3.61. The number of halogens is 6. The maximum absolute atomic E-state index is 13.5. The highest BCUT2D eigenvalue weighted by molar-refractivity contribution is 7.09. The molecule has 1 aromatic heterocycles. The number of rotatable bonds is 6.